The molecule has 0 saturated heterocycles. The van der Waals surface area contributed by atoms with Gasteiger partial charge in [0.25, 0.3) is 0 Å². The number of hydrogen-bond donors (Lipinski definition) is 1. The molecular formula is C15H23BrN2O2S. The molecule has 0 unspecified atom stereocenters. The topological polar surface area (TPSA) is 63.4 Å². The second kappa shape index (κ2) is 6.77. The average Bonchev–Trinajstić information content (AvgIpc) is 2.40. The first-order chi connectivity index (χ1) is 9.90. The Balaban J connectivity index is 2.39. The highest BCUT2D eigenvalue weighted by molar-refractivity contribution is 9.10. The van der Waals surface area contributed by atoms with Gasteiger partial charge in [0.15, 0.2) is 0 Å². The fraction of sp³-hybridized carbons (Fsp3) is 0.600. The summed E-state index contributed by atoms with van der Waals surface area (Å²) in [5.74, 6) is 0.515. The van der Waals surface area contributed by atoms with Crippen LogP contribution in [-0.2, 0) is 16.6 Å². The molecule has 1 aromatic rings. The first-order valence-electron chi connectivity index (χ1n) is 7.39. The summed E-state index contributed by atoms with van der Waals surface area (Å²) in [7, 11) is -3.46. The molecule has 21 heavy (non-hydrogen) atoms. The molecule has 2 N–H and O–H groups in total. The summed E-state index contributed by atoms with van der Waals surface area (Å²) in [6, 6.07) is 3.59. The molecule has 0 atom stereocenters. The zero-order chi connectivity index (χ0) is 15.6. The molecule has 118 valence electrons. The normalized spacial score (nSPS) is 16.2. The lowest BCUT2D eigenvalue weighted by Crippen LogP contribution is -2.37. The number of benzene rings is 1. The first kappa shape index (κ1) is 16.9. The number of hydrogen-bond acceptors (Lipinski definition) is 3. The van der Waals surface area contributed by atoms with Crippen LogP contribution < -0.4 is 5.73 Å². The largest absolute Gasteiger partial charge is 0.326 e. The quantitative estimate of drug-likeness (QED) is 0.831. The van der Waals surface area contributed by atoms with Crippen molar-refractivity contribution >= 4 is 26.0 Å². The van der Waals surface area contributed by atoms with Crippen LogP contribution in [0.3, 0.4) is 0 Å². The predicted octanol–water partition coefficient (Wildman–Crippen LogP) is 3.03. The lowest BCUT2D eigenvalue weighted by molar-refractivity contribution is 0.250. The number of nitrogens with two attached hydrogens (primary N) is 1. The van der Waals surface area contributed by atoms with E-state index in [2.05, 4.69) is 15.9 Å². The van der Waals surface area contributed by atoms with Gasteiger partial charge in [-0.1, -0.05) is 29.3 Å². The Morgan fingerprint density at radius 2 is 2.05 bits per heavy atom. The van der Waals surface area contributed by atoms with Gasteiger partial charge in [-0.15, -0.1) is 0 Å². The monoisotopic (exact) mass is 374 g/mol. The third-order valence-corrected chi connectivity index (χ3v) is 7.14. The SMILES string of the molecule is CCN(CC1CCC1)S(=O)(=O)c1cc(CN)cc(Br)c1C. The molecule has 1 fully saturated rings. The summed E-state index contributed by atoms with van der Waals surface area (Å²) in [4.78, 5) is 0.374. The number of rotatable bonds is 6. The van der Waals surface area contributed by atoms with Gasteiger partial charge >= 0.3 is 0 Å². The maximum Gasteiger partial charge on any atom is 0.243 e. The van der Waals surface area contributed by atoms with Gasteiger partial charge in [-0.25, -0.2) is 8.42 Å². The van der Waals surface area contributed by atoms with Crippen molar-refractivity contribution in [1.82, 2.24) is 4.31 Å². The predicted molar refractivity (Wildman–Crippen MR) is 88.5 cm³/mol. The van der Waals surface area contributed by atoms with Crippen LogP contribution in [0.2, 0.25) is 0 Å². The second-order valence-electron chi connectivity index (χ2n) is 5.66. The van der Waals surface area contributed by atoms with Crippen molar-refractivity contribution in [1.29, 1.82) is 0 Å². The van der Waals surface area contributed by atoms with Gasteiger partial charge in [-0.05, 0) is 48.9 Å². The smallest absolute Gasteiger partial charge is 0.243 e. The maximum absolute atomic E-state index is 12.9. The summed E-state index contributed by atoms with van der Waals surface area (Å²) in [5.41, 5.74) is 7.25. The molecule has 0 amide bonds. The standard InChI is InChI=1S/C15H23BrN2O2S/c1-3-18(10-12-5-4-6-12)21(19,20)15-8-13(9-17)7-14(16)11(15)2/h7-8,12H,3-6,9-10,17H2,1-2H3. The van der Waals surface area contributed by atoms with Crippen molar-refractivity contribution in [3.63, 3.8) is 0 Å². The van der Waals surface area contributed by atoms with E-state index in [-0.39, 0.29) is 0 Å². The molecule has 6 heteroatoms. The molecular weight excluding hydrogens is 352 g/mol. The van der Waals surface area contributed by atoms with Crippen molar-refractivity contribution < 1.29 is 8.42 Å². The van der Waals surface area contributed by atoms with Crippen molar-refractivity contribution in [3.8, 4) is 0 Å². The molecule has 2 rings (SSSR count). The fourth-order valence-electron chi connectivity index (χ4n) is 2.59. The van der Waals surface area contributed by atoms with Gasteiger partial charge in [0.2, 0.25) is 10.0 Å². The highest BCUT2D eigenvalue weighted by atomic mass is 79.9. The Morgan fingerprint density at radius 1 is 1.38 bits per heavy atom. The molecule has 1 aromatic carbocycles. The number of halogens is 1. The molecule has 0 bridgehead atoms. The van der Waals surface area contributed by atoms with E-state index in [9.17, 15) is 8.42 Å². The molecule has 0 heterocycles. The third kappa shape index (κ3) is 3.50. The Morgan fingerprint density at radius 3 is 2.52 bits per heavy atom. The van der Waals surface area contributed by atoms with Crippen LogP contribution in [0.1, 0.15) is 37.3 Å². The molecule has 0 spiro atoms. The molecule has 0 radical (unpaired) electrons. The maximum atomic E-state index is 12.9. The molecule has 1 saturated carbocycles. The Hall–Kier alpha value is -0.430. The molecule has 1 aliphatic rings. The van der Waals surface area contributed by atoms with Crippen LogP contribution in [0.15, 0.2) is 21.5 Å². The number of sulfonamides is 1. The van der Waals surface area contributed by atoms with Crippen LogP contribution in [0.4, 0.5) is 0 Å². The van der Waals surface area contributed by atoms with Crippen molar-refractivity contribution in [2.24, 2.45) is 11.7 Å². The molecule has 0 aliphatic heterocycles. The Bertz CT molecular complexity index is 612. The van der Waals surface area contributed by atoms with E-state index < -0.39 is 10.0 Å². The van der Waals surface area contributed by atoms with Gasteiger partial charge in [0, 0.05) is 24.1 Å². The highest BCUT2D eigenvalue weighted by Crippen LogP contribution is 2.31. The van der Waals surface area contributed by atoms with E-state index in [4.69, 9.17) is 5.73 Å². The molecule has 0 aromatic heterocycles. The summed E-state index contributed by atoms with van der Waals surface area (Å²) in [5, 5.41) is 0. The van der Waals surface area contributed by atoms with Gasteiger partial charge in [0.05, 0.1) is 4.90 Å². The third-order valence-electron chi connectivity index (χ3n) is 4.25. The van der Waals surface area contributed by atoms with E-state index in [0.29, 0.717) is 30.4 Å². The van der Waals surface area contributed by atoms with Gasteiger partial charge in [-0.2, -0.15) is 4.31 Å². The second-order valence-corrected chi connectivity index (χ2v) is 8.42. The van der Waals surface area contributed by atoms with E-state index in [1.165, 1.54) is 6.42 Å². The fourth-order valence-corrected chi connectivity index (χ4v) is 5.05. The minimum absolute atomic E-state index is 0.330. The van der Waals surface area contributed by atoms with E-state index >= 15 is 0 Å². The van der Waals surface area contributed by atoms with Crippen molar-refractivity contribution in [2.75, 3.05) is 13.1 Å². The number of nitrogens with zero attached hydrogens (tertiary/aromatic N) is 1. The average molecular weight is 375 g/mol. The minimum Gasteiger partial charge on any atom is -0.326 e. The summed E-state index contributed by atoms with van der Waals surface area (Å²) in [6.45, 7) is 5.18. The lowest BCUT2D eigenvalue weighted by atomic mass is 9.85. The van der Waals surface area contributed by atoms with Crippen molar-refractivity contribution in [2.45, 2.75) is 44.6 Å². The van der Waals surface area contributed by atoms with Crippen LogP contribution in [0.5, 0.6) is 0 Å². The lowest BCUT2D eigenvalue weighted by Gasteiger charge is -2.31. The Kier molecular flexibility index (Phi) is 5.46. The summed E-state index contributed by atoms with van der Waals surface area (Å²) >= 11 is 3.44. The van der Waals surface area contributed by atoms with Crippen LogP contribution in [-0.4, -0.2) is 25.8 Å². The zero-order valence-electron chi connectivity index (χ0n) is 12.6. The van der Waals surface area contributed by atoms with E-state index in [0.717, 1.165) is 28.4 Å². The van der Waals surface area contributed by atoms with E-state index in [1.54, 1.807) is 10.4 Å². The van der Waals surface area contributed by atoms with Gasteiger partial charge in [0.1, 0.15) is 0 Å². The van der Waals surface area contributed by atoms with Crippen LogP contribution >= 0.6 is 15.9 Å². The first-order valence-corrected chi connectivity index (χ1v) is 9.62. The zero-order valence-corrected chi connectivity index (χ0v) is 15.0. The van der Waals surface area contributed by atoms with E-state index in [1.807, 2.05) is 19.9 Å². The summed E-state index contributed by atoms with van der Waals surface area (Å²) < 4.78 is 28.3. The molecule has 4 nitrogen and oxygen atoms in total. The van der Waals surface area contributed by atoms with Crippen molar-refractivity contribution in [3.05, 3.63) is 27.7 Å². The van der Waals surface area contributed by atoms with Gasteiger partial charge < -0.3 is 5.73 Å². The van der Waals surface area contributed by atoms with Crippen LogP contribution in [0, 0.1) is 12.8 Å². The minimum atomic E-state index is -3.46. The van der Waals surface area contributed by atoms with Gasteiger partial charge in [-0.3, -0.25) is 0 Å². The highest BCUT2D eigenvalue weighted by Gasteiger charge is 2.30. The molecule has 1 aliphatic carbocycles. The Labute approximate surface area is 135 Å². The van der Waals surface area contributed by atoms with Crippen LogP contribution in [0.25, 0.3) is 0 Å². The summed E-state index contributed by atoms with van der Waals surface area (Å²) in [6.07, 6.45) is 3.49.